The molecule has 0 N–H and O–H groups in total. The van der Waals surface area contributed by atoms with Gasteiger partial charge in [0.15, 0.2) is 11.5 Å². The predicted octanol–water partition coefficient (Wildman–Crippen LogP) is 2.91. The van der Waals surface area contributed by atoms with Crippen LogP contribution in [0.1, 0.15) is 11.5 Å². The van der Waals surface area contributed by atoms with Crippen LogP contribution < -0.4 is 14.2 Å². The van der Waals surface area contributed by atoms with Gasteiger partial charge < -0.3 is 18.6 Å². The van der Waals surface area contributed by atoms with Gasteiger partial charge in [-0.25, -0.2) is 4.39 Å². The minimum Gasteiger partial charge on any atom is -0.493 e. The van der Waals surface area contributed by atoms with Gasteiger partial charge in [-0.15, -0.1) is 20.4 Å². The molecule has 10 nitrogen and oxygen atoms in total. The molecule has 0 bridgehead atoms. The fourth-order valence-electron chi connectivity index (χ4n) is 2.97. The van der Waals surface area contributed by atoms with E-state index in [9.17, 15) is 4.39 Å². The second kappa shape index (κ2) is 8.38. The molecule has 0 radical (unpaired) electrons. The number of aromatic nitrogens is 6. The maximum absolute atomic E-state index is 13.5. The molecule has 2 aromatic heterocycles. The van der Waals surface area contributed by atoms with Gasteiger partial charge in [-0.3, -0.25) is 0 Å². The van der Waals surface area contributed by atoms with Crippen LogP contribution in [0.4, 0.5) is 4.39 Å². The molecule has 0 aliphatic heterocycles. The molecule has 4 rings (SSSR count). The molecule has 0 aliphatic rings. The molecule has 0 saturated carbocycles. The summed E-state index contributed by atoms with van der Waals surface area (Å²) in [5.41, 5.74) is 1.76. The van der Waals surface area contributed by atoms with Gasteiger partial charge in [-0.1, -0.05) is 0 Å². The Morgan fingerprint density at radius 1 is 0.935 bits per heavy atom. The van der Waals surface area contributed by atoms with Crippen molar-refractivity contribution in [1.29, 1.82) is 0 Å². The van der Waals surface area contributed by atoms with Gasteiger partial charge in [0.2, 0.25) is 23.4 Å². The Morgan fingerprint density at radius 2 is 1.68 bits per heavy atom. The number of hydrogen-bond acceptors (Lipinski definition) is 9. The average Bonchev–Trinajstić information content (AvgIpc) is 3.44. The van der Waals surface area contributed by atoms with E-state index in [1.165, 1.54) is 32.2 Å². The molecule has 2 heterocycles. The molecular weight excluding hydrogens is 407 g/mol. The number of benzene rings is 2. The number of nitrogens with zero attached hydrogens (tertiary/aromatic N) is 6. The highest BCUT2D eigenvalue weighted by Crippen LogP contribution is 2.40. The van der Waals surface area contributed by atoms with Crippen LogP contribution in [0.3, 0.4) is 0 Å². The minimum atomic E-state index is -0.290. The number of rotatable bonds is 7. The first-order chi connectivity index (χ1) is 15.0. The Bertz CT molecular complexity index is 1200. The Kier molecular flexibility index (Phi) is 5.48. The Balaban J connectivity index is 1.56. The van der Waals surface area contributed by atoms with Crippen molar-refractivity contribution < 1.29 is 23.0 Å². The highest BCUT2D eigenvalue weighted by Gasteiger charge is 2.18. The van der Waals surface area contributed by atoms with Crippen LogP contribution in [0.5, 0.6) is 17.2 Å². The molecule has 31 heavy (non-hydrogen) atoms. The lowest BCUT2D eigenvalue weighted by molar-refractivity contribution is 0.324. The number of tetrazole rings is 1. The summed E-state index contributed by atoms with van der Waals surface area (Å²) < 4.78 is 35.2. The van der Waals surface area contributed by atoms with Crippen molar-refractivity contribution in [1.82, 2.24) is 30.4 Å². The fourth-order valence-corrected chi connectivity index (χ4v) is 2.97. The molecule has 0 aliphatic carbocycles. The van der Waals surface area contributed by atoms with E-state index >= 15 is 0 Å². The van der Waals surface area contributed by atoms with E-state index in [1.807, 2.05) is 0 Å². The van der Waals surface area contributed by atoms with Crippen LogP contribution in [-0.2, 0) is 6.54 Å². The zero-order valence-electron chi connectivity index (χ0n) is 17.3. The first kappa shape index (κ1) is 20.3. The van der Waals surface area contributed by atoms with E-state index < -0.39 is 0 Å². The smallest absolute Gasteiger partial charge is 0.248 e. The summed E-state index contributed by atoms with van der Waals surface area (Å²) in [6.07, 6.45) is 0. The third-order valence-corrected chi connectivity index (χ3v) is 4.52. The molecule has 0 fully saturated rings. The quantitative estimate of drug-likeness (QED) is 0.440. The number of methoxy groups -OCH3 is 3. The van der Waals surface area contributed by atoms with Gasteiger partial charge in [-0.2, -0.15) is 4.80 Å². The van der Waals surface area contributed by atoms with Crippen LogP contribution in [0.2, 0.25) is 0 Å². The molecule has 0 unspecified atom stereocenters. The summed E-state index contributed by atoms with van der Waals surface area (Å²) in [6.45, 7) is 1.79. The van der Waals surface area contributed by atoms with E-state index in [0.717, 1.165) is 0 Å². The van der Waals surface area contributed by atoms with Gasteiger partial charge in [0.05, 0.1) is 21.3 Å². The van der Waals surface area contributed by atoms with E-state index in [2.05, 4.69) is 25.6 Å². The number of ether oxygens (including phenoxy) is 3. The van der Waals surface area contributed by atoms with E-state index in [-0.39, 0.29) is 24.1 Å². The van der Waals surface area contributed by atoms with Crippen molar-refractivity contribution >= 4 is 0 Å². The number of hydrogen-bond donors (Lipinski definition) is 0. The van der Waals surface area contributed by atoms with Gasteiger partial charge in [0.1, 0.15) is 12.4 Å². The molecule has 160 valence electrons. The van der Waals surface area contributed by atoms with Crippen molar-refractivity contribution in [3.63, 3.8) is 0 Å². The van der Waals surface area contributed by atoms with Crippen LogP contribution in [0.15, 0.2) is 34.7 Å². The normalized spacial score (nSPS) is 10.9. The average molecular weight is 426 g/mol. The largest absolute Gasteiger partial charge is 0.493 e. The summed E-state index contributed by atoms with van der Waals surface area (Å²) in [4.78, 5) is 1.32. The lowest BCUT2D eigenvalue weighted by Crippen LogP contribution is -2.04. The first-order valence-electron chi connectivity index (χ1n) is 9.19. The molecule has 0 saturated heterocycles. The number of halogens is 1. The Hall–Kier alpha value is -4.02. The zero-order chi connectivity index (χ0) is 22.0. The standard InChI is InChI=1S/C20H19FN6O4/c1-11-7-12(5-6-14(11)21)19-23-26-27(25-19)10-17-22-24-20(31-17)13-8-15(28-2)18(30-4)16(9-13)29-3/h5-9H,10H2,1-4H3. The summed E-state index contributed by atoms with van der Waals surface area (Å²) in [5.74, 6) is 2.02. The van der Waals surface area contributed by atoms with Crippen LogP contribution in [0, 0.1) is 12.7 Å². The molecular formula is C20H19FN6O4. The van der Waals surface area contributed by atoms with Crippen molar-refractivity contribution in [3.8, 4) is 40.1 Å². The van der Waals surface area contributed by atoms with E-state index in [1.54, 1.807) is 31.2 Å². The summed E-state index contributed by atoms with van der Waals surface area (Å²) in [7, 11) is 4.57. The monoisotopic (exact) mass is 426 g/mol. The van der Waals surface area contributed by atoms with Gasteiger partial charge in [0.25, 0.3) is 0 Å². The fraction of sp³-hybridized carbons (Fsp3) is 0.250. The van der Waals surface area contributed by atoms with E-state index in [4.69, 9.17) is 18.6 Å². The second-order valence-electron chi connectivity index (χ2n) is 6.52. The van der Waals surface area contributed by atoms with E-state index in [0.29, 0.717) is 39.8 Å². The van der Waals surface area contributed by atoms with Crippen LogP contribution >= 0.6 is 0 Å². The number of aryl methyl sites for hydroxylation is 1. The van der Waals surface area contributed by atoms with Gasteiger partial charge >= 0.3 is 0 Å². The van der Waals surface area contributed by atoms with Crippen molar-refractivity contribution in [2.45, 2.75) is 13.5 Å². The lowest BCUT2D eigenvalue weighted by Gasteiger charge is -2.12. The van der Waals surface area contributed by atoms with Crippen molar-refractivity contribution in [3.05, 3.63) is 47.6 Å². The molecule has 0 amide bonds. The Morgan fingerprint density at radius 3 is 2.32 bits per heavy atom. The molecule has 11 heteroatoms. The van der Waals surface area contributed by atoms with Crippen LogP contribution in [0.25, 0.3) is 22.8 Å². The Labute approximate surface area is 176 Å². The van der Waals surface area contributed by atoms with Gasteiger partial charge in [-0.05, 0) is 48.0 Å². The van der Waals surface area contributed by atoms with Crippen molar-refractivity contribution in [2.75, 3.05) is 21.3 Å². The third-order valence-electron chi connectivity index (χ3n) is 4.52. The second-order valence-corrected chi connectivity index (χ2v) is 6.52. The zero-order valence-corrected chi connectivity index (χ0v) is 17.3. The summed E-state index contributed by atoms with van der Waals surface area (Å²) in [6, 6.07) is 8.04. The topological polar surface area (TPSA) is 110 Å². The highest BCUT2D eigenvalue weighted by molar-refractivity contribution is 5.65. The lowest BCUT2D eigenvalue weighted by atomic mass is 10.1. The molecule has 0 spiro atoms. The molecule has 0 atom stereocenters. The predicted molar refractivity (Wildman–Crippen MR) is 106 cm³/mol. The maximum Gasteiger partial charge on any atom is 0.248 e. The maximum atomic E-state index is 13.5. The molecule has 4 aromatic rings. The SMILES string of the molecule is COc1cc(-c2nnc(Cn3nnc(-c4ccc(F)c(C)c4)n3)o2)cc(OC)c1OC. The van der Waals surface area contributed by atoms with Gasteiger partial charge in [0, 0.05) is 11.1 Å². The van der Waals surface area contributed by atoms with Crippen molar-refractivity contribution in [2.24, 2.45) is 0 Å². The summed E-state index contributed by atoms with van der Waals surface area (Å²) >= 11 is 0. The first-order valence-corrected chi connectivity index (χ1v) is 9.19. The van der Waals surface area contributed by atoms with Crippen LogP contribution in [-0.4, -0.2) is 51.7 Å². The highest BCUT2D eigenvalue weighted by atomic mass is 19.1. The summed E-state index contributed by atoms with van der Waals surface area (Å²) in [5, 5.41) is 20.4. The minimum absolute atomic E-state index is 0.116. The third kappa shape index (κ3) is 4.02. The molecule has 2 aromatic carbocycles.